The fourth-order valence-electron chi connectivity index (χ4n) is 2.34. The molecule has 24 heavy (non-hydrogen) atoms. The van der Waals surface area contributed by atoms with Gasteiger partial charge in [-0.1, -0.05) is 30.3 Å². The molecule has 0 bridgehead atoms. The Morgan fingerprint density at radius 2 is 1.96 bits per heavy atom. The standard InChI is InChI=1S/C20H19NO3/c1-4-24-18-10-9-15(12-19(18)23-3)11-16(13-21)20(22)17-8-6-5-7-14(17)2/h5-12H,4H2,1-3H3/b16-11+. The number of carbonyl (C=O) groups is 1. The predicted octanol–water partition coefficient (Wildman–Crippen LogP) is 4.19. The molecule has 0 radical (unpaired) electrons. The van der Waals surface area contributed by atoms with Gasteiger partial charge in [-0.3, -0.25) is 4.79 Å². The maximum absolute atomic E-state index is 12.6. The van der Waals surface area contributed by atoms with E-state index >= 15 is 0 Å². The summed E-state index contributed by atoms with van der Waals surface area (Å²) in [5, 5.41) is 9.38. The lowest BCUT2D eigenvalue weighted by Gasteiger charge is -2.10. The van der Waals surface area contributed by atoms with Crippen molar-refractivity contribution < 1.29 is 14.3 Å². The summed E-state index contributed by atoms with van der Waals surface area (Å²) in [6.07, 6.45) is 1.56. The number of carbonyl (C=O) groups excluding carboxylic acids is 1. The number of aryl methyl sites for hydroxylation is 1. The summed E-state index contributed by atoms with van der Waals surface area (Å²) < 4.78 is 10.8. The third-order valence-electron chi connectivity index (χ3n) is 3.55. The van der Waals surface area contributed by atoms with Crippen molar-refractivity contribution in [2.24, 2.45) is 0 Å². The SMILES string of the molecule is CCOc1ccc(/C=C(\C#N)C(=O)c2ccccc2C)cc1OC. The van der Waals surface area contributed by atoms with Crippen LogP contribution in [0.15, 0.2) is 48.0 Å². The second-order valence-electron chi connectivity index (χ2n) is 5.16. The van der Waals surface area contributed by atoms with E-state index in [9.17, 15) is 10.1 Å². The summed E-state index contributed by atoms with van der Waals surface area (Å²) in [6, 6.07) is 14.5. The van der Waals surface area contributed by atoms with Gasteiger partial charge in [-0.25, -0.2) is 0 Å². The first-order valence-corrected chi connectivity index (χ1v) is 7.63. The van der Waals surface area contributed by atoms with E-state index < -0.39 is 0 Å². The van der Waals surface area contributed by atoms with Crippen molar-refractivity contribution in [3.63, 3.8) is 0 Å². The highest BCUT2D eigenvalue weighted by molar-refractivity contribution is 6.14. The number of nitriles is 1. The highest BCUT2D eigenvalue weighted by atomic mass is 16.5. The van der Waals surface area contributed by atoms with E-state index in [2.05, 4.69) is 0 Å². The molecule has 0 spiro atoms. The summed E-state index contributed by atoms with van der Waals surface area (Å²) in [6.45, 7) is 4.27. The van der Waals surface area contributed by atoms with E-state index in [1.54, 1.807) is 43.5 Å². The fourth-order valence-corrected chi connectivity index (χ4v) is 2.34. The topological polar surface area (TPSA) is 59.3 Å². The molecule has 0 aliphatic rings. The minimum Gasteiger partial charge on any atom is -0.493 e. The molecule has 0 saturated carbocycles. The maximum Gasteiger partial charge on any atom is 0.203 e. The van der Waals surface area contributed by atoms with Crippen molar-refractivity contribution >= 4 is 11.9 Å². The number of methoxy groups -OCH3 is 1. The van der Waals surface area contributed by atoms with Crippen LogP contribution in [0.25, 0.3) is 6.08 Å². The van der Waals surface area contributed by atoms with Crippen LogP contribution in [-0.4, -0.2) is 19.5 Å². The number of ether oxygens (including phenoxy) is 2. The lowest BCUT2D eigenvalue weighted by Crippen LogP contribution is -2.04. The largest absolute Gasteiger partial charge is 0.493 e. The molecule has 0 amide bonds. The minimum absolute atomic E-state index is 0.0792. The second-order valence-corrected chi connectivity index (χ2v) is 5.16. The van der Waals surface area contributed by atoms with Crippen molar-refractivity contribution in [2.45, 2.75) is 13.8 Å². The van der Waals surface area contributed by atoms with Gasteiger partial charge in [0.15, 0.2) is 11.5 Å². The zero-order valence-corrected chi connectivity index (χ0v) is 14.0. The number of hydrogen-bond acceptors (Lipinski definition) is 4. The van der Waals surface area contributed by atoms with Gasteiger partial charge in [0, 0.05) is 5.56 Å². The molecule has 2 aromatic rings. The van der Waals surface area contributed by atoms with Gasteiger partial charge in [0.05, 0.1) is 13.7 Å². The monoisotopic (exact) mass is 321 g/mol. The van der Waals surface area contributed by atoms with Crippen LogP contribution in [0.5, 0.6) is 11.5 Å². The van der Waals surface area contributed by atoms with Gasteiger partial charge in [0.2, 0.25) is 5.78 Å². The molecule has 0 unspecified atom stereocenters. The van der Waals surface area contributed by atoms with Crippen LogP contribution in [0.1, 0.15) is 28.4 Å². The van der Waals surface area contributed by atoms with Crippen molar-refractivity contribution in [3.05, 3.63) is 64.7 Å². The number of hydrogen-bond donors (Lipinski definition) is 0. The molecular formula is C20H19NO3. The Morgan fingerprint density at radius 3 is 2.58 bits per heavy atom. The third kappa shape index (κ3) is 3.82. The number of rotatable bonds is 6. The number of Topliss-reactive ketones (excluding diaryl/α,β-unsaturated/α-hetero) is 1. The van der Waals surface area contributed by atoms with E-state index in [1.807, 2.05) is 32.0 Å². The fraction of sp³-hybridized carbons (Fsp3) is 0.200. The molecule has 0 atom stereocenters. The smallest absolute Gasteiger partial charge is 0.203 e. The molecule has 0 saturated heterocycles. The number of ketones is 1. The first-order chi connectivity index (χ1) is 11.6. The van der Waals surface area contributed by atoms with Gasteiger partial charge in [-0.15, -0.1) is 0 Å². The van der Waals surface area contributed by atoms with Gasteiger partial charge < -0.3 is 9.47 Å². The average Bonchev–Trinajstić information content (AvgIpc) is 2.60. The summed E-state index contributed by atoms with van der Waals surface area (Å²) >= 11 is 0. The van der Waals surface area contributed by atoms with E-state index in [0.717, 1.165) is 5.56 Å². The van der Waals surface area contributed by atoms with Gasteiger partial charge in [0.25, 0.3) is 0 Å². The molecule has 0 heterocycles. The van der Waals surface area contributed by atoms with E-state index in [4.69, 9.17) is 9.47 Å². The summed E-state index contributed by atoms with van der Waals surface area (Å²) in [5.74, 6) is 0.899. The number of allylic oxidation sites excluding steroid dienone is 1. The zero-order chi connectivity index (χ0) is 17.5. The van der Waals surface area contributed by atoms with Gasteiger partial charge >= 0.3 is 0 Å². The Labute approximate surface area is 141 Å². The van der Waals surface area contributed by atoms with Crippen LogP contribution >= 0.6 is 0 Å². The first-order valence-electron chi connectivity index (χ1n) is 7.63. The molecule has 0 N–H and O–H groups in total. The molecule has 2 aromatic carbocycles. The van der Waals surface area contributed by atoms with E-state index in [1.165, 1.54) is 0 Å². The van der Waals surface area contributed by atoms with Crippen LogP contribution < -0.4 is 9.47 Å². The molecule has 122 valence electrons. The molecule has 0 aliphatic carbocycles. The van der Waals surface area contributed by atoms with Crippen LogP contribution in [0.2, 0.25) is 0 Å². The van der Waals surface area contributed by atoms with E-state index in [-0.39, 0.29) is 11.4 Å². The average molecular weight is 321 g/mol. The number of nitrogens with zero attached hydrogens (tertiary/aromatic N) is 1. The highest BCUT2D eigenvalue weighted by Gasteiger charge is 2.14. The van der Waals surface area contributed by atoms with Crippen molar-refractivity contribution in [3.8, 4) is 17.6 Å². The molecule has 4 heteroatoms. The van der Waals surface area contributed by atoms with Crippen molar-refractivity contribution in [2.75, 3.05) is 13.7 Å². The third-order valence-corrected chi connectivity index (χ3v) is 3.55. The summed E-state index contributed by atoms with van der Waals surface area (Å²) in [5.41, 5.74) is 2.15. The molecule has 4 nitrogen and oxygen atoms in total. The Hall–Kier alpha value is -3.06. The molecule has 0 aromatic heterocycles. The minimum atomic E-state index is -0.288. The maximum atomic E-state index is 12.6. The Bertz CT molecular complexity index is 816. The normalized spacial score (nSPS) is 10.8. The van der Waals surface area contributed by atoms with Crippen molar-refractivity contribution in [1.82, 2.24) is 0 Å². The highest BCUT2D eigenvalue weighted by Crippen LogP contribution is 2.29. The lowest BCUT2D eigenvalue weighted by atomic mass is 9.98. The van der Waals surface area contributed by atoms with Gasteiger partial charge in [-0.05, 0) is 43.2 Å². The Morgan fingerprint density at radius 1 is 1.21 bits per heavy atom. The predicted molar refractivity (Wildman–Crippen MR) is 93.3 cm³/mol. The Balaban J connectivity index is 2.39. The Kier molecular flexibility index (Phi) is 5.75. The summed E-state index contributed by atoms with van der Waals surface area (Å²) in [7, 11) is 1.55. The lowest BCUT2D eigenvalue weighted by molar-refractivity contribution is 0.103. The molecule has 0 fully saturated rings. The van der Waals surface area contributed by atoms with Gasteiger partial charge in [-0.2, -0.15) is 5.26 Å². The molecule has 0 aliphatic heterocycles. The number of benzene rings is 2. The van der Waals surface area contributed by atoms with Crippen LogP contribution in [0.4, 0.5) is 0 Å². The molecular weight excluding hydrogens is 302 g/mol. The second kappa shape index (κ2) is 7.98. The van der Waals surface area contributed by atoms with Gasteiger partial charge in [0.1, 0.15) is 11.6 Å². The van der Waals surface area contributed by atoms with Crippen LogP contribution in [0.3, 0.4) is 0 Å². The summed E-state index contributed by atoms with van der Waals surface area (Å²) in [4.78, 5) is 12.6. The van der Waals surface area contributed by atoms with E-state index in [0.29, 0.717) is 29.2 Å². The quantitative estimate of drug-likeness (QED) is 0.455. The zero-order valence-electron chi connectivity index (χ0n) is 14.0. The molecule has 2 rings (SSSR count). The van der Waals surface area contributed by atoms with Crippen LogP contribution in [-0.2, 0) is 0 Å². The van der Waals surface area contributed by atoms with Crippen LogP contribution in [0, 0.1) is 18.3 Å². The van der Waals surface area contributed by atoms with Crippen molar-refractivity contribution in [1.29, 1.82) is 5.26 Å². The first kappa shape index (κ1) is 17.3.